The van der Waals surface area contributed by atoms with Gasteiger partial charge in [0.05, 0.1) is 52.0 Å². The molecule has 1 unspecified atom stereocenters. The molecule has 0 radical (unpaired) electrons. The van der Waals surface area contributed by atoms with Gasteiger partial charge in [-0.3, -0.25) is 9.59 Å². The van der Waals surface area contributed by atoms with E-state index >= 15 is 0 Å². The van der Waals surface area contributed by atoms with Gasteiger partial charge in [0.15, 0.2) is 0 Å². The van der Waals surface area contributed by atoms with E-state index in [0.717, 1.165) is 37.5 Å². The zero-order valence-corrected chi connectivity index (χ0v) is 20.8. The van der Waals surface area contributed by atoms with Crippen LogP contribution in [0.2, 0.25) is 0 Å². The molecule has 0 N–H and O–H groups in total. The third kappa shape index (κ3) is 23.4. The molecule has 0 fully saturated rings. The van der Waals surface area contributed by atoms with E-state index in [0.29, 0.717) is 33.0 Å². The van der Waals surface area contributed by atoms with Crippen molar-refractivity contribution >= 4 is 11.9 Å². The van der Waals surface area contributed by atoms with E-state index in [-0.39, 0.29) is 30.9 Å². The van der Waals surface area contributed by atoms with Crippen LogP contribution in [0.15, 0.2) is 0 Å². The van der Waals surface area contributed by atoms with Crippen LogP contribution in [0.3, 0.4) is 0 Å². The summed E-state index contributed by atoms with van der Waals surface area (Å²) in [5.74, 6) is 1.02. The van der Waals surface area contributed by atoms with Crippen LogP contribution in [0.4, 0.5) is 0 Å². The summed E-state index contributed by atoms with van der Waals surface area (Å²) < 4.78 is 21.5. The fourth-order valence-electron chi connectivity index (χ4n) is 2.98. The Labute approximate surface area is 190 Å². The Bertz CT molecular complexity index is 436. The Kier molecular flexibility index (Phi) is 20.0. The Hall–Kier alpha value is -1.14. The van der Waals surface area contributed by atoms with Crippen molar-refractivity contribution in [1.82, 2.24) is 0 Å². The lowest BCUT2D eigenvalue weighted by atomic mass is 10.1. The average molecular weight is 445 g/mol. The van der Waals surface area contributed by atoms with E-state index in [4.69, 9.17) is 18.9 Å². The highest BCUT2D eigenvalue weighted by Crippen LogP contribution is 2.09. The summed E-state index contributed by atoms with van der Waals surface area (Å²) in [4.78, 5) is 23.4. The van der Waals surface area contributed by atoms with Crippen molar-refractivity contribution in [2.24, 2.45) is 11.8 Å². The number of ether oxygens (including phenoxy) is 4. The molecule has 0 aromatic rings. The van der Waals surface area contributed by atoms with Gasteiger partial charge in [-0.05, 0) is 31.6 Å². The Morgan fingerprint density at radius 2 is 1.10 bits per heavy atom. The van der Waals surface area contributed by atoms with Crippen molar-refractivity contribution in [3.63, 3.8) is 0 Å². The minimum atomic E-state index is -0.219. The fraction of sp³-hybridized carbons (Fsp3) is 0.920. The molecule has 6 heteroatoms. The highest BCUT2D eigenvalue weighted by atomic mass is 16.6. The summed E-state index contributed by atoms with van der Waals surface area (Å²) in [6, 6.07) is 0. The molecule has 184 valence electrons. The van der Waals surface area contributed by atoms with Gasteiger partial charge < -0.3 is 18.9 Å². The molecular weight excluding hydrogens is 396 g/mol. The van der Waals surface area contributed by atoms with Crippen LogP contribution in [0, 0.1) is 11.8 Å². The molecule has 6 nitrogen and oxygen atoms in total. The average Bonchev–Trinajstić information content (AvgIpc) is 2.70. The molecule has 0 amide bonds. The van der Waals surface area contributed by atoms with Crippen LogP contribution >= 0.6 is 0 Å². The molecule has 0 bridgehead atoms. The topological polar surface area (TPSA) is 71.1 Å². The number of hydrogen-bond donors (Lipinski definition) is 0. The zero-order chi connectivity index (χ0) is 23.3. The lowest BCUT2D eigenvalue weighted by molar-refractivity contribution is -0.147. The molecule has 0 aliphatic rings. The predicted molar refractivity (Wildman–Crippen MR) is 124 cm³/mol. The van der Waals surface area contributed by atoms with Crippen LogP contribution < -0.4 is 0 Å². The van der Waals surface area contributed by atoms with Crippen molar-refractivity contribution < 1.29 is 28.5 Å². The van der Waals surface area contributed by atoms with Crippen molar-refractivity contribution in [2.45, 2.75) is 105 Å². The maximum atomic E-state index is 11.7. The molecule has 0 rings (SSSR count). The summed E-state index contributed by atoms with van der Waals surface area (Å²) >= 11 is 0. The minimum absolute atomic E-state index is 0.138. The van der Waals surface area contributed by atoms with Gasteiger partial charge in [-0.15, -0.1) is 0 Å². The summed E-state index contributed by atoms with van der Waals surface area (Å²) in [5, 5.41) is 0. The van der Waals surface area contributed by atoms with Crippen LogP contribution in [0.1, 0.15) is 98.8 Å². The largest absolute Gasteiger partial charge is 0.466 e. The number of carbonyl (C=O) groups is 2. The van der Waals surface area contributed by atoms with Crippen LogP contribution in [0.25, 0.3) is 0 Å². The maximum Gasteiger partial charge on any atom is 0.308 e. The molecule has 0 aromatic carbocycles. The first kappa shape index (κ1) is 29.9. The van der Waals surface area contributed by atoms with Crippen molar-refractivity contribution in [2.75, 3.05) is 33.0 Å². The second kappa shape index (κ2) is 20.7. The Balaban J connectivity index is 3.46. The summed E-state index contributed by atoms with van der Waals surface area (Å²) in [7, 11) is 0. The quantitative estimate of drug-likeness (QED) is 0.167. The Morgan fingerprint density at radius 3 is 1.58 bits per heavy atom. The predicted octanol–water partition coefficient (Wildman–Crippen LogP) is 5.71. The summed E-state index contributed by atoms with van der Waals surface area (Å²) in [6.07, 6.45) is 9.23. The third-order valence-corrected chi connectivity index (χ3v) is 4.89. The monoisotopic (exact) mass is 444 g/mol. The zero-order valence-electron chi connectivity index (χ0n) is 20.8. The molecular formula is C25H48O6. The van der Waals surface area contributed by atoms with Crippen LogP contribution in [0.5, 0.6) is 0 Å². The molecule has 0 saturated carbocycles. The first-order valence-corrected chi connectivity index (χ1v) is 12.3. The lowest BCUT2D eigenvalue weighted by Gasteiger charge is -2.13. The van der Waals surface area contributed by atoms with Gasteiger partial charge in [-0.1, -0.05) is 66.2 Å². The minimum Gasteiger partial charge on any atom is -0.466 e. The molecule has 0 saturated heterocycles. The second-order valence-corrected chi connectivity index (χ2v) is 9.18. The highest BCUT2D eigenvalue weighted by Gasteiger charge is 2.08. The van der Waals surface area contributed by atoms with E-state index in [1.165, 1.54) is 25.7 Å². The van der Waals surface area contributed by atoms with Crippen LogP contribution in [-0.2, 0) is 28.5 Å². The van der Waals surface area contributed by atoms with Crippen molar-refractivity contribution in [1.29, 1.82) is 0 Å². The molecule has 0 aliphatic carbocycles. The first-order chi connectivity index (χ1) is 14.8. The number of hydrogen-bond acceptors (Lipinski definition) is 6. The second-order valence-electron chi connectivity index (χ2n) is 9.18. The van der Waals surface area contributed by atoms with Gasteiger partial charge in [-0.2, -0.15) is 0 Å². The smallest absolute Gasteiger partial charge is 0.308 e. The van der Waals surface area contributed by atoms with Gasteiger partial charge in [0, 0.05) is 0 Å². The third-order valence-electron chi connectivity index (χ3n) is 4.89. The highest BCUT2D eigenvalue weighted by molar-refractivity contribution is 5.69. The van der Waals surface area contributed by atoms with E-state index < -0.39 is 0 Å². The van der Waals surface area contributed by atoms with Crippen molar-refractivity contribution in [3.8, 4) is 0 Å². The lowest BCUT2D eigenvalue weighted by Crippen LogP contribution is -2.20. The molecule has 31 heavy (non-hydrogen) atoms. The fourth-order valence-corrected chi connectivity index (χ4v) is 2.98. The number of esters is 2. The number of carbonyl (C=O) groups excluding carboxylic acids is 2. The van der Waals surface area contributed by atoms with E-state index in [9.17, 15) is 9.59 Å². The summed E-state index contributed by atoms with van der Waals surface area (Å²) in [5.41, 5.74) is 0. The standard InChI is InChI=1S/C25H48O6/c1-21(2)12-8-6-10-16-30-24(26)14-18-28-20-23(5)29-19-15-25(27)31-17-11-7-9-13-22(3)4/h21-23H,6-20H2,1-5H3. The van der Waals surface area contributed by atoms with Gasteiger partial charge in [0.2, 0.25) is 0 Å². The molecule has 1 atom stereocenters. The van der Waals surface area contributed by atoms with Gasteiger partial charge in [0.1, 0.15) is 0 Å². The molecule has 0 spiro atoms. The Morgan fingerprint density at radius 1 is 0.613 bits per heavy atom. The van der Waals surface area contributed by atoms with E-state index in [2.05, 4.69) is 27.7 Å². The SMILES string of the molecule is CC(C)CCCCCOC(=O)CCOCC(C)OCCC(=O)OCCCCCC(C)C. The van der Waals surface area contributed by atoms with E-state index in [1.807, 2.05) is 6.92 Å². The maximum absolute atomic E-state index is 11.7. The van der Waals surface area contributed by atoms with Gasteiger partial charge in [0.25, 0.3) is 0 Å². The number of rotatable bonds is 21. The van der Waals surface area contributed by atoms with E-state index in [1.54, 1.807) is 0 Å². The first-order valence-electron chi connectivity index (χ1n) is 12.3. The summed E-state index contributed by atoms with van der Waals surface area (Å²) in [6.45, 7) is 12.8. The number of unbranched alkanes of at least 4 members (excludes halogenated alkanes) is 4. The molecule has 0 aliphatic heterocycles. The molecule has 0 aromatic heterocycles. The van der Waals surface area contributed by atoms with Gasteiger partial charge >= 0.3 is 11.9 Å². The van der Waals surface area contributed by atoms with Crippen molar-refractivity contribution in [3.05, 3.63) is 0 Å². The molecule has 0 heterocycles. The van der Waals surface area contributed by atoms with Crippen LogP contribution in [-0.4, -0.2) is 51.1 Å². The van der Waals surface area contributed by atoms with Gasteiger partial charge in [-0.25, -0.2) is 0 Å². The normalized spacial score (nSPS) is 12.4.